The van der Waals surface area contributed by atoms with Gasteiger partial charge in [-0.3, -0.25) is 4.79 Å². The zero-order chi connectivity index (χ0) is 19.6. The molecule has 2 N–H and O–H groups in total. The average Bonchev–Trinajstić information content (AvgIpc) is 2.97. The monoisotopic (exact) mass is 384 g/mol. The number of esters is 1. The zero-order valence-electron chi connectivity index (χ0n) is 15.2. The number of hydrogen-bond acceptors (Lipinski definition) is 7. The van der Waals surface area contributed by atoms with E-state index in [4.69, 9.17) is 15.2 Å². The highest BCUT2D eigenvalue weighted by atomic mass is 32.2. The molecule has 0 spiro atoms. The number of thiol groups is 1. The van der Waals surface area contributed by atoms with E-state index >= 15 is 0 Å². The van der Waals surface area contributed by atoms with Gasteiger partial charge in [-0.05, 0) is 51.0 Å². The molecule has 0 bridgehead atoms. The molecule has 9 heteroatoms. The zero-order valence-corrected chi connectivity index (χ0v) is 16.1. The van der Waals surface area contributed by atoms with Gasteiger partial charge >= 0.3 is 12.1 Å². The Balaban J connectivity index is 2.54. The number of anilines is 1. The van der Waals surface area contributed by atoms with Gasteiger partial charge in [-0.1, -0.05) is 0 Å². The molecule has 2 unspecified atom stereocenters. The number of benzene rings is 1. The predicted octanol–water partition coefficient (Wildman–Crippen LogP) is 1.71. The normalized spacial score (nSPS) is 20.3. The highest BCUT2D eigenvalue weighted by molar-refractivity contribution is 7.72. The fourth-order valence-corrected chi connectivity index (χ4v) is 3.68. The minimum absolute atomic E-state index is 0.0172. The molecule has 0 radical (unpaired) electrons. The van der Waals surface area contributed by atoms with Crippen molar-refractivity contribution in [3.05, 3.63) is 23.8 Å². The highest BCUT2D eigenvalue weighted by Gasteiger charge is 2.45. The molecule has 1 aliphatic rings. The summed E-state index contributed by atoms with van der Waals surface area (Å²) >= 11 is 0. The Morgan fingerprint density at radius 3 is 2.46 bits per heavy atom. The van der Waals surface area contributed by atoms with Gasteiger partial charge in [0.2, 0.25) is 0 Å². The Morgan fingerprint density at radius 1 is 1.27 bits per heavy atom. The summed E-state index contributed by atoms with van der Waals surface area (Å²) in [7, 11) is -1.69. The Kier molecular flexibility index (Phi) is 5.80. The summed E-state index contributed by atoms with van der Waals surface area (Å²) in [5.74, 6) is -1.22. The van der Waals surface area contributed by atoms with Crippen LogP contribution in [0.25, 0.3) is 0 Å². The van der Waals surface area contributed by atoms with Gasteiger partial charge in [-0.25, -0.2) is 13.2 Å². The van der Waals surface area contributed by atoms with Crippen molar-refractivity contribution in [2.24, 2.45) is 5.92 Å². The van der Waals surface area contributed by atoms with Crippen LogP contribution >= 0.6 is 0 Å². The SMILES string of the molecule is COC(=O)C1CCN(C(=O)OC(C)(C)C)C1c1cc(N)ccc1[SH](=O)=O. The van der Waals surface area contributed by atoms with E-state index in [1.54, 1.807) is 20.8 Å². The minimum Gasteiger partial charge on any atom is -0.469 e. The summed E-state index contributed by atoms with van der Waals surface area (Å²) in [5, 5.41) is 0. The van der Waals surface area contributed by atoms with Gasteiger partial charge in [-0.2, -0.15) is 0 Å². The lowest BCUT2D eigenvalue weighted by molar-refractivity contribution is -0.146. The topological polar surface area (TPSA) is 116 Å². The van der Waals surface area contributed by atoms with E-state index in [2.05, 4.69) is 0 Å². The molecule has 1 heterocycles. The molecular formula is C17H24N2O6S. The lowest BCUT2D eigenvalue weighted by atomic mass is 9.93. The van der Waals surface area contributed by atoms with Crippen molar-refractivity contribution in [3.63, 3.8) is 0 Å². The highest BCUT2D eigenvalue weighted by Crippen LogP contribution is 2.41. The first-order valence-electron chi connectivity index (χ1n) is 8.16. The summed E-state index contributed by atoms with van der Waals surface area (Å²) in [5.41, 5.74) is 5.72. The molecule has 2 atom stereocenters. The standard InChI is InChI=1S/C17H24N2O6S/c1-17(2,3)25-16(21)19-8-7-11(15(20)24-4)14(19)12-9-10(18)5-6-13(12)26(22)23/h5-6,9,11,14,26H,7-8,18H2,1-4H3. The fraction of sp³-hybridized carbons (Fsp3) is 0.529. The third-order valence-corrected chi connectivity index (χ3v) is 4.90. The number of carbonyl (C=O) groups excluding carboxylic acids is 2. The molecule has 1 fully saturated rings. The lowest BCUT2D eigenvalue weighted by Gasteiger charge is -2.31. The number of ether oxygens (including phenoxy) is 2. The van der Waals surface area contributed by atoms with Crippen LogP contribution in [0, 0.1) is 5.92 Å². The minimum atomic E-state index is -2.94. The molecule has 1 aromatic carbocycles. The summed E-state index contributed by atoms with van der Waals surface area (Å²) in [6.07, 6.45) is -0.288. The van der Waals surface area contributed by atoms with Gasteiger partial charge in [0, 0.05) is 12.2 Å². The molecule has 1 aromatic rings. The molecule has 0 aromatic heterocycles. The largest absolute Gasteiger partial charge is 0.469 e. The quantitative estimate of drug-likeness (QED) is 0.463. The van der Waals surface area contributed by atoms with Gasteiger partial charge < -0.3 is 20.1 Å². The van der Waals surface area contributed by atoms with Gasteiger partial charge in [0.15, 0.2) is 10.7 Å². The molecule has 0 aliphatic carbocycles. The van der Waals surface area contributed by atoms with E-state index < -0.39 is 40.3 Å². The van der Waals surface area contributed by atoms with Crippen LogP contribution in [0.2, 0.25) is 0 Å². The van der Waals surface area contributed by atoms with Crippen molar-refractivity contribution >= 4 is 28.5 Å². The maximum Gasteiger partial charge on any atom is 0.410 e. The van der Waals surface area contributed by atoms with Crippen LogP contribution in [-0.4, -0.2) is 44.6 Å². The van der Waals surface area contributed by atoms with E-state index in [1.807, 2.05) is 0 Å². The molecule has 1 amide bonds. The first-order chi connectivity index (χ1) is 12.0. The first kappa shape index (κ1) is 20.0. The third kappa shape index (κ3) is 4.27. The molecule has 1 saturated heterocycles. The second kappa shape index (κ2) is 7.53. The number of hydrogen-bond donors (Lipinski definition) is 2. The Labute approximate surface area is 154 Å². The van der Waals surface area contributed by atoms with Gasteiger partial charge in [0.1, 0.15) is 5.60 Å². The number of nitrogens with zero attached hydrogens (tertiary/aromatic N) is 1. The van der Waals surface area contributed by atoms with Gasteiger partial charge in [-0.15, -0.1) is 0 Å². The third-order valence-electron chi connectivity index (χ3n) is 4.10. The van der Waals surface area contributed by atoms with Crippen molar-refractivity contribution in [2.75, 3.05) is 19.4 Å². The van der Waals surface area contributed by atoms with E-state index in [0.29, 0.717) is 17.7 Å². The second-order valence-corrected chi connectivity index (χ2v) is 8.11. The van der Waals surface area contributed by atoms with E-state index in [-0.39, 0.29) is 11.4 Å². The first-order valence-corrected chi connectivity index (χ1v) is 9.34. The van der Waals surface area contributed by atoms with Crippen LogP contribution in [0.4, 0.5) is 10.5 Å². The Hall–Kier alpha value is -2.29. The Morgan fingerprint density at radius 2 is 1.92 bits per heavy atom. The lowest BCUT2D eigenvalue weighted by Crippen LogP contribution is -2.38. The van der Waals surface area contributed by atoms with Crippen molar-refractivity contribution < 1.29 is 27.5 Å². The maximum atomic E-state index is 12.6. The van der Waals surface area contributed by atoms with Gasteiger partial charge in [0.05, 0.1) is 24.0 Å². The van der Waals surface area contributed by atoms with E-state index in [0.717, 1.165) is 0 Å². The maximum absolute atomic E-state index is 12.6. The van der Waals surface area contributed by atoms with Crippen LogP contribution in [0.15, 0.2) is 23.1 Å². The number of nitrogen functional groups attached to an aromatic ring is 1. The number of carbonyl (C=O) groups is 2. The van der Waals surface area contributed by atoms with E-state index in [9.17, 15) is 18.0 Å². The van der Waals surface area contributed by atoms with Crippen molar-refractivity contribution in [3.8, 4) is 0 Å². The summed E-state index contributed by atoms with van der Waals surface area (Å²) in [4.78, 5) is 26.3. The van der Waals surface area contributed by atoms with E-state index in [1.165, 1.54) is 30.2 Å². The van der Waals surface area contributed by atoms with Crippen molar-refractivity contribution in [1.82, 2.24) is 4.90 Å². The summed E-state index contributed by atoms with van der Waals surface area (Å²) < 4.78 is 33.6. The second-order valence-electron chi connectivity index (χ2n) is 7.11. The van der Waals surface area contributed by atoms with Crippen LogP contribution in [0.5, 0.6) is 0 Å². The van der Waals surface area contributed by atoms with Crippen molar-refractivity contribution in [2.45, 2.75) is 43.7 Å². The van der Waals surface area contributed by atoms with Crippen LogP contribution in [0.3, 0.4) is 0 Å². The number of methoxy groups -OCH3 is 1. The molecule has 26 heavy (non-hydrogen) atoms. The molecule has 1 aliphatic heterocycles. The van der Waals surface area contributed by atoms with Crippen LogP contribution in [0.1, 0.15) is 38.8 Å². The van der Waals surface area contributed by atoms with Crippen LogP contribution in [-0.2, 0) is 25.0 Å². The number of rotatable bonds is 3. The molecule has 0 saturated carbocycles. The predicted molar refractivity (Wildman–Crippen MR) is 95.2 cm³/mol. The fourth-order valence-electron chi connectivity index (χ4n) is 3.08. The molecule has 144 valence electrons. The molecule has 2 rings (SSSR count). The van der Waals surface area contributed by atoms with Gasteiger partial charge in [0.25, 0.3) is 0 Å². The average molecular weight is 384 g/mol. The molecular weight excluding hydrogens is 360 g/mol. The number of amides is 1. The van der Waals surface area contributed by atoms with Crippen molar-refractivity contribution in [1.29, 1.82) is 0 Å². The summed E-state index contributed by atoms with van der Waals surface area (Å²) in [6.45, 7) is 5.43. The number of likely N-dealkylation sites (tertiary alicyclic amines) is 1. The smallest absolute Gasteiger partial charge is 0.410 e. The van der Waals surface area contributed by atoms with Crippen LogP contribution < -0.4 is 5.73 Å². The summed E-state index contributed by atoms with van der Waals surface area (Å²) in [6, 6.07) is 3.48. The Bertz CT molecular complexity index is 776. The number of nitrogens with two attached hydrogens (primary N) is 1. The molecule has 8 nitrogen and oxygen atoms in total.